The van der Waals surface area contributed by atoms with E-state index in [-0.39, 0.29) is 10.9 Å². The second-order valence-electron chi connectivity index (χ2n) is 4.85. The second kappa shape index (κ2) is 6.88. The van der Waals surface area contributed by atoms with Gasteiger partial charge >= 0.3 is 0 Å². The molecular weight excluding hydrogens is 292 g/mol. The molecule has 0 aliphatic carbocycles. The van der Waals surface area contributed by atoms with Gasteiger partial charge in [-0.15, -0.1) is 0 Å². The maximum Gasteiger partial charge on any atom is 0.243 e. The van der Waals surface area contributed by atoms with Gasteiger partial charge in [0.2, 0.25) is 10.0 Å². The average molecular weight is 312 g/mol. The van der Waals surface area contributed by atoms with Crippen molar-refractivity contribution >= 4 is 10.0 Å². The lowest BCUT2D eigenvalue weighted by molar-refractivity contribution is 0.479. The molecule has 2 rings (SSSR count). The Morgan fingerprint density at radius 3 is 2.95 bits per heavy atom. The summed E-state index contributed by atoms with van der Waals surface area (Å²) in [5.74, 6) is 0.745. The Morgan fingerprint density at radius 1 is 1.48 bits per heavy atom. The molecule has 0 spiro atoms. The molecule has 2 aromatic heterocycles. The van der Waals surface area contributed by atoms with E-state index in [0.717, 1.165) is 12.3 Å². The van der Waals surface area contributed by atoms with Crippen molar-refractivity contribution in [2.45, 2.75) is 30.8 Å². The molecule has 2 N–H and O–H groups in total. The molecule has 116 valence electrons. The highest BCUT2D eigenvalue weighted by atomic mass is 32.2. The van der Waals surface area contributed by atoms with Crippen LogP contribution in [0.4, 0.5) is 0 Å². The van der Waals surface area contributed by atoms with E-state index in [4.69, 9.17) is 4.42 Å². The third-order valence-electron chi connectivity index (χ3n) is 2.95. The Bertz CT molecular complexity index is 649. The van der Waals surface area contributed by atoms with E-state index < -0.39 is 10.0 Å². The topological polar surface area (TPSA) is 89.2 Å². The van der Waals surface area contributed by atoms with Gasteiger partial charge in [-0.05, 0) is 26.1 Å². The summed E-state index contributed by atoms with van der Waals surface area (Å²) >= 11 is 0. The van der Waals surface area contributed by atoms with E-state index >= 15 is 0 Å². The van der Waals surface area contributed by atoms with Gasteiger partial charge in [-0.2, -0.15) is 5.10 Å². The first-order valence-electron chi connectivity index (χ1n) is 6.73. The molecule has 0 amide bonds. The predicted octanol–water partition coefficient (Wildman–Crippen LogP) is 0.605. The summed E-state index contributed by atoms with van der Waals surface area (Å²) in [6.45, 7) is 3.14. The summed E-state index contributed by atoms with van der Waals surface area (Å²) < 4.78 is 33.9. The van der Waals surface area contributed by atoms with Crippen molar-refractivity contribution in [2.75, 3.05) is 13.6 Å². The zero-order chi connectivity index (χ0) is 15.3. The summed E-state index contributed by atoms with van der Waals surface area (Å²) in [7, 11) is -1.73. The normalized spacial score (nSPS) is 13.4. The minimum absolute atomic E-state index is 0.171. The van der Waals surface area contributed by atoms with Gasteiger partial charge in [-0.3, -0.25) is 4.68 Å². The molecule has 1 unspecified atom stereocenters. The Balaban J connectivity index is 1.98. The third kappa shape index (κ3) is 4.42. The SMILES string of the molecule is CNCCn1cc(S(=O)(=O)NC(C)Cc2ccco2)cn1. The zero-order valence-electron chi connectivity index (χ0n) is 12.1. The number of hydrogen-bond acceptors (Lipinski definition) is 5. The number of nitrogens with one attached hydrogen (secondary N) is 2. The minimum atomic E-state index is -3.56. The van der Waals surface area contributed by atoms with Gasteiger partial charge in [-0.1, -0.05) is 0 Å². The van der Waals surface area contributed by atoms with Gasteiger partial charge in [0, 0.05) is 25.2 Å². The van der Waals surface area contributed by atoms with Crippen molar-refractivity contribution in [3.05, 3.63) is 36.5 Å². The molecule has 8 heteroatoms. The Labute approximate surface area is 124 Å². The van der Waals surface area contributed by atoms with Crippen molar-refractivity contribution in [2.24, 2.45) is 0 Å². The maximum absolute atomic E-state index is 12.2. The van der Waals surface area contributed by atoms with Crippen molar-refractivity contribution in [1.82, 2.24) is 19.8 Å². The number of furan rings is 1. The maximum atomic E-state index is 12.2. The molecule has 0 saturated heterocycles. The van der Waals surface area contributed by atoms with Crippen LogP contribution in [0.1, 0.15) is 12.7 Å². The molecule has 0 aliphatic rings. The van der Waals surface area contributed by atoms with Gasteiger partial charge < -0.3 is 9.73 Å². The van der Waals surface area contributed by atoms with E-state index in [1.54, 1.807) is 23.9 Å². The van der Waals surface area contributed by atoms with Crippen molar-refractivity contribution in [1.29, 1.82) is 0 Å². The number of hydrogen-bond donors (Lipinski definition) is 2. The first-order chi connectivity index (χ1) is 10.0. The molecule has 0 radical (unpaired) electrons. The van der Waals surface area contributed by atoms with E-state index in [2.05, 4.69) is 15.1 Å². The quantitative estimate of drug-likeness (QED) is 0.745. The van der Waals surface area contributed by atoms with Gasteiger partial charge in [0.15, 0.2) is 0 Å². The lowest BCUT2D eigenvalue weighted by Crippen LogP contribution is -2.33. The van der Waals surface area contributed by atoms with Gasteiger partial charge in [0.05, 0.1) is 19.0 Å². The van der Waals surface area contributed by atoms with Crippen LogP contribution in [0.25, 0.3) is 0 Å². The summed E-state index contributed by atoms with van der Waals surface area (Å²) in [6, 6.07) is 3.34. The number of sulfonamides is 1. The van der Waals surface area contributed by atoms with Crippen LogP contribution in [0, 0.1) is 0 Å². The summed E-state index contributed by atoms with van der Waals surface area (Å²) in [5, 5.41) is 7.03. The smallest absolute Gasteiger partial charge is 0.243 e. The van der Waals surface area contributed by atoms with E-state index in [1.807, 2.05) is 13.1 Å². The van der Waals surface area contributed by atoms with Crippen molar-refractivity contribution in [3.8, 4) is 0 Å². The van der Waals surface area contributed by atoms with Crippen LogP contribution < -0.4 is 10.0 Å². The Hall–Kier alpha value is -1.64. The van der Waals surface area contributed by atoms with Crippen LogP contribution in [-0.2, 0) is 23.0 Å². The lowest BCUT2D eigenvalue weighted by Gasteiger charge is -2.11. The van der Waals surface area contributed by atoms with Crippen LogP contribution >= 0.6 is 0 Å². The molecule has 0 bridgehead atoms. The first kappa shape index (κ1) is 15.7. The minimum Gasteiger partial charge on any atom is -0.469 e. The number of aromatic nitrogens is 2. The van der Waals surface area contributed by atoms with Crippen LogP contribution in [0.15, 0.2) is 40.1 Å². The third-order valence-corrected chi connectivity index (χ3v) is 4.50. The largest absolute Gasteiger partial charge is 0.469 e. The molecule has 1 atom stereocenters. The molecule has 0 fully saturated rings. The molecule has 0 aromatic carbocycles. The van der Waals surface area contributed by atoms with E-state index in [1.165, 1.54) is 12.4 Å². The van der Waals surface area contributed by atoms with E-state index in [9.17, 15) is 8.42 Å². The van der Waals surface area contributed by atoms with Crippen LogP contribution in [0.2, 0.25) is 0 Å². The molecular formula is C13H20N4O3S. The second-order valence-corrected chi connectivity index (χ2v) is 6.56. The molecule has 2 heterocycles. The van der Waals surface area contributed by atoms with Crippen LogP contribution in [-0.4, -0.2) is 37.8 Å². The molecule has 2 aromatic rings. The number of rotatable bonds is 8. The summed E-state index contributed by atoms with van der Waals surface area (Å²) in [6.07, 6.45) is 4.96. The Kier molecular flexibility index (Phi) is 5.16. The lowest BCUT2D eigenvalue weighted by atomic mass is 10.2. The number of likely N-dealkylation sites (N-methyl/N-ethyl adjacent to an activating group) is 1. The fraction of sp³-hybridized carbons (Fsp3) is 0.462. The van der Waals surface area contributed by atoms with Gasteiger partial charge in [0.25, 0.3) is 0 Å². The zero-order valence-corrected chi connectivity index (χ0v) is 12.9. The van der Waals surface area contributed by atoms with Crippen LogP contribution in [0.3, 0.4) is 0 Å². The average Bonchev–Trinajstić information content (AvgIpc) is 3.06. The Morgan fingerprint density at radius 2 is 2.29 bits per heavy atom. The molecule has 0 saturated carbocycles. The van der Waals surface area contributed by atoms with E-state index in [0.29, 0.717) is 13.0 Å². The fourth-order valence-electron chi connectivity index (χ4n) is 1.94. The van der Waals surface area contributed by atoms with Gasteiger partial charge in [-0.25, -0.2) is 13.1 Å². The highest BCUT2D eigenvalue weighted by molar-refractivity contribution is 7.89. The monoisotopic (exact) mass is 312 g/mol. The standard InChI is InChI=1S/C13H20N4O3S/c1-11(8-12-4-3-7-20-12)16-21(18,19)13-9-15-17(10-13)6-5-14-2/h3-4,7,9-11,14,16H,5-6,8H2,1-2H3. The first-order valence-corrected chi connectivity index (χ1v) is 8.21. The van der Waals surface area contributed by atoms with Crippen molar-refractivity contribution < 1.29 is 12.8 Å². The summed E-state index contributed by atoms with van der Waals surface area (Å²) in [5.41, 5.74) is 0. The van der Waals surface area contributed by atoms with Crippen molar-refractivity contribution in [3.63, 3.8) is 0 Å². The van der Waals surface area contributed by atoms with Crippen LogP contribution in [0.5, 0.6) is 0 Å². The summed E-state index contributed by atoms with van der Waals surface area (Å²) in [4.78, 5) is 0.171. The molecule has 7 nitrogen and oxygen atoms in total. The number of nitrogens with zero attached hydrogens (tertiary/aromatic N) is 2. The molecule has 21 heavy (non-hydrogen) atoms. The highest BCUT2D eigenvalue weighted by Gasteiger charge is 2.20. The van der Waals surface area contributed by atoms with Gasteiger partial charge in [0.1, 0.15) is 10.7 Å². The molecule has 0 aliphatic heterocycles. The highest BCUT2D eigenvalue weighted by Crippen LogP contribution is 2.10. The predicted molar refractivity (Wildman–Crippen MR) is 78.3 cm³/mol. The fourth-order valence-corrected chi connectivity index (χ4v) is 3.13.